The van der Waals surface area contributed by atoms with Crippen molar-refractivity contribution in [2.75, 3.05) is 31.1 Å². The molecule has 1 unspecified atom stereocenters. The third-order valence-electron chi connectivity index (χ3n) is 3.55. The normalized spacial score (nSPS) is 20.9. The fourth-order valence-electron chi connectivity index (χ4n) is 2.68. The first kappa shape index (κ1) is 11.5. The Morgan fingerprint density at radius 1 is 1.28 bits per heavy atom. The first-order valence-corrected chi connectivity index (χ1v) is 6.64. The maximum Gasteiger partial charge on any atom is 0.0722 e. The van der Waals surface area contributed by atoms with Crippen LogP contribution in [-0.2, 0) is 0 Å². The molecule has 0 spiro atoms. The molecule has 1 atom stereocenters. The van der Waals surface area contributed by atoms with Gasteiger partial charge >= 0.3 is 0 Å². The molecule has 1 fully saturated rings. The number of nitrogens with zero attached hydrogens (tertiary/aromatic N) is 2. The molecule has 1 saturated heterocycles. The monoisotopic (exact) mass is 241 g/mol. The number of rotatable bonds is 1. The van der Waals surface area contributed by atoms with Crippen LogP contribution >= 0.6 is 0 Å². The van der Waals surface area contributed by atoms with Crippen molar-refractivity contribution in [3.8, 4) is 0 Å². The summed E-state index contributed by atoms with van der Waals surface area (Å²) < 4.78 is 0. The lowest BCUT2D eigenvalue weighted by Crippen LogP contribution is -2.29. The van der Waals surface area contributed by atoms with Crippen molar-refractivity contribution in [1.29, 1.82) is 0 Å². The minimum atomic E-state index is 0.680. The van der Waals surface area contributed by atoms with E-state index in [1.807, 2.05) is 12.3 Å². The topological polar surface area (TPSA) is 28.2 Å². The molecule has 1 aliphatic rings. The van der Waals surface area contributed by atoms with Gasteiger partial charge in [0.15, 0.2) is 0 Å². The van der Waals surface area contributed by atoms with Crippen LogP contribution in [0, 0.1) is 5.92 Å². The standard InChI is InChI=1S/C15H19N3/c1-12-10-16-8-9-18(11-12)15-6-2-5-14-13(15)4-3-7-17-14/h2-7,12,16H,8-11H2,1H3. The zero-order valence-corrected chi connectivity index (χ0v) is 10.8. The highest BCUT2D eigenvalue weighted by Gasteiger charge is 2.16. The predicted octanol–water partition coefficient (Wildman–Crippen LogP) is 2.28. The van der Waals surface area contributed by atoms with Crippen LogP contribution < -0.4 is 10.2 Å². The summed E-state index contributed by atoms with van der Waals surface area (Å²) in [7, 11) is 0. The van der Waals surface area contributed by atoms with E-state index in [1.165, 1.54) is 11.1 Å². The number of hydrogen-bond acceptors (Lipinski definition) is 3. The van der Waals surface area contributed by atoms with Gasteiger partial charge in [0, 0.05) is 36.9 Å². The van der Waals surface area contributed by atoms with Crippen molar-refractivity contribution in [2.45, 2.75) is 6.92 Å². The first-order valence-electron chi connectivity index (χ1n) is 6.64. The Morgan fingerprint density at radius 2 is 2.22 bits per heavy atom. The fourth-order valence-corrected chi connectivity index (χ4v) is 2.68. The smallest absolute Gasteiger partial charge is 0.0722 e. The molecule has 1 aromatic carbocycles. The first-order chi connectivity index (χ1) is 8.84. The molecule has 3 rings (SSSR count). The van der Waals surface area contributed by atoms with Gasteiger partial charge in [-0.2, -0.15) is 0 Å². The van der Waals surface area contributed by atoms with Crippen molar-refractivity contribution in [1.82, 2.24) is 10.3 Å². The number of nitrogens with one attached hydrogen (secondary N) is 1. The van der Waals surface area contributed by atoms with Gasteiger partial charge in [0.2, 0.25) is 0 Å². The van der Waals surface area contributed by atoms with E-state index >= 15 is 0 Å². The Balaban J connectivity index is 2.02. The molecular formula is C15H19N3. The molecule has 1 aromatic heterocycles. The zero-order chi connectivity index (χ0) is 12.4. The van der Waals surface area contributed by atoms with E-state index in [0.717, 1.165) is 31.7 Å². The SMILES string of the molecule is CC1CNCCN(c2cccc3ncccc23)C1. The highest BCUT2D eigenvalue weighted by Crippen LogP contribution is 2.26. The van der Waals surface area contributed by atoms with E-state index in [1.54, 1.807) is 0 Å². The van der Waals surface area contributed by atoms with E-state index < -0.39 is 0 Å². The van der Waals surface area contributed by atoms with Gasteiger partial charge in [0.05, 0.1) is 5.52 Å². The number of fused-ring (bicyclic) bond motifs is 1. The fraction of sp³-hybridized carbons (Fsp3) is 0.400. The Labute approximate surface area is 108 Å². The van der Waals surface area contributed by atoms with Gasteiger partial charge in [-0.1, -0.05) is 13.0 Å². The van der Waals surface area contributed by atoms with Crippen LogP contribution in [0.3, 0.4) is 0 Å². The lowest BCUT2D eigenvalue weighted by Gasteiger charge is -2.25. The van der Waals surface area contributed by atoms with Crippen LogP contribution in [0.5, 0.6) is 0 Å². The molecule has 94 valence electrons. The summed E-state index contributed by atoms with van der Waals surface area (Å²) in [5.74, 6) is 0.680. The van der Waals surface area contributed by atoms with Crippen LogP contribution in [0.1, 0.15) is 6.92 Å². The van der Waals surface area contributed by atoms with E-state index in [-0.39, 0.29) is 0 Å². The molecule has 3 nitrogen and oxygen atoms in total. The Bertz CT molecular complexity index is 533. The number of anilines is 1. The summed E-state index contributed by atoms with van der Waals surface area (Å²) in [4.78, 5) is 6.92. The quantitative estimate of drug-likeness (QED) is 0.830. The third-order valence-corrected chi connectivity index (χ3v) is 3.55. The lowest BCUT2D eigenvalue weighted by molar-refractivity contribution is 0.564. The molecule has 0 radical (unpaired) electrons. The number of hydrogen-bond donors (Lipinski definition) is 1. The van der Waals surface area contributed by atoms with Gasteiger partial charge in [-0.25, -0.2) is 0 Å². The van der Waals surface area contributed by atoms with E-state index in [2.05, 4.69) is 46.4 Å². The van der Waals surface area contributed by atoms with Crippen molar-refractivity contribution >= 4 is 16.6 Å². The summed E-state index contributed by atoms with van der Waals surface area (Å²) >= 11 is 0. The molecule has 3 heteroatoms. The van der Waals surface area contributed by atoms with E-state index in [4.69, 9.17) is 0 Å². The van der Waals surface area contributed by atoms with Gasteiger partial charge in [-0.3, -0.25) is 4.98 Å². The summed E-state index contributed by atoms with van der Waals surface area (Å²) in [6.45, 7) is 6.65. The number of pyridine rings is 1. The molecular weight excluding hydrogens is 222 g/mol. The second-order valence-electron chi connectivity index (χ2n) is 5.10. The minimum absolute atomic E-state index is 0.680. The minimum Gasteiger partial charge on any atom is -0.369 e. The van der Waals surface area contributed by atoms with Crippen LogP contribution in [0.25, 0.3) is 10.9 Å². The zero-order valence-electron chi connectivity index (χ0n) is 10.8. The summed E-state index contributed by atoms with van der Waals surface area (Å²) in [6.07, 6.45) is 1.86. The number of benzene rings is 1. The van der Waals surface area contributed by atoms with Crippen molar-refractivity contribution < 1.29 is 0 Å². The molecule has 2 aromatic rings. The van der Waals surface area contributed by atoms with Gasteiger partial charge < -0.3 is 10.2 Å². The summed E-state index contributed by atoms with van der Waals surface area (Å²) in [5, 5.41) is 4.75. The lowest BCUT2D eigenvalue weighted by atomic mass is 10.1. The molecule has 0 amide bonds. The molecule has 0 saturated carbocycles. The molecule has 1 aliphatic heterocycles. The molecule has 2 heterocycles. The van der Waals surface area contributed by atoms with Crippen LogP contribution in [0.4, 0.5) is 5.69 Å². The molecule has 1 N–H and O–H groups in total. The second kappa shape index (κ2) is 4.94. The van der Waals surface area contributed by atoms with Gasteiger partial charge in [0.1, 0.15) is 0 Å². The Kier molecular flexibility index (Phi) is 3.15. The Morgan fingerprint density at radius 3 is 3.17 bits per heavy atom. The Hall–Kier alpha value is -1.61. The molecule has 0 aliphatic carbocycles. The highest BCUT2D eigenvalue weighted by atomic mass is 15.2. The van der Waals surface area contributed by atoms with Crippen molar-refractivity contribution in [2.24, 2.45) is 5.92 Å². The third kappa shape index (κ3) is 2.18. The van der Waals surface area contributed by atoms with Gasteiger partial charge in [0.25, 0.3) is 0 Å². The van der Waals surface area contributed by atoms with E-state index in [9.17, 15) is 0 Å². The average molecular weight is 241 g/mol. The molecule has 18 heavy (non-hydrogen) atoms. The maximum absolute atomic E-state index is 4.44. The van der Waals surface area contributed by atoms with Crippen LogP contribution in [-0.4, -0.2) is 31.2 Å². The summed E-state index contributed by atoms with van der Waals surface area (Å²) in [6, 6.07) is 10.6. The number of aromatic nitrogens is 1. The highest BCUT2D eigenvalue weighted by molar-refractivity contribution is 5.91. The average Bonchev–Trinajstić information content (AvgIpc) is 2.63. The second-order valence-corrected chi connectivity index (χ2v) is 5.10. The molecule has 0 bridgehead atoms. The van der Waals surface area contributed by atoms with E-state index in [0.29, 0.717) is 5.92 Å². The van der Waals surface area contributed by atoms with Gasteiger partial charge in [-0.05, 0) is 36.7 Å². The van der Waals surface area contributed by atoms with Crippen LogP contribution in [0.2, 0.25) is 0 Å². The van der Waals surface area contributed by atoms with Crippen LogP contribution in [0.15, 0.2) is 36.5 Å². The van der Waals surface area contributed by atoms with Crippen molar-refractivity contribution in [3.63, 3.8) is 0 Å². The predicted molar refractivity (Wildman–Crippen MR) is 76.0 cm³/mol. The van der Waals surface area contributed by atoms with Crippen molar-refractivity contribution in [3.05, 3.63) is 36.5 Å². The summed E-state index contributed by atoms with van der Waals surface area (Å²) in [5.41, 5.74) is 2.40. The largest absolute Gasteiger partial charge is 0.369 e. The van der Waals surface area contributed by atoms with Gasteiger partial charge in [-0.15, -0.1) is 0 Å². The maximum atomic E-state index is 4.44.